The van der Waals surface area contributed by atoms with Crippen molar-refractivity contribution in [2.75, 3.05) is 20.8 Å². The molecule has 0 saturated carbocycles. The van der Waals surface area contributed by atoms with Crippen molar-refractivity contribution in [3.05, 3.63) is 88.5 Å². The first-order valence-electron chi connectivity index (χ1n) is 12.2. The average molecular weight is 532 g/mol. The van der Waals surface area contributed by atoms with Crippen LogP contribution in [-0.2, 0) is 4.79 Å². The van der Waals surface area contributed by atoms with Crippen molar-refractivity contribution >= 4 is 35.3 Å². The van der Waals surface area contributed by atoms with E-state index >= 15 is 0 Å². The Kier molecular flexibility index (Phi) is 10.8. The maximum atomic E-state index is 12.5. The lowest BCUT2D eigenvalue weighted by molar-refractivity contribution is -0.129. The molecule has 0 heterocycles. The standard InChI is InChI=1S/C31H30ClNO5/c1-4-5-6-17-37-27-14-7-22(19-29(27)35-2)9-16-31(34)38-28-15-8-23(20-30(28)36-3)18-25(21-33)24-10-12-26(32)13-11-24/h7-16,18-20H,4-6,17H2,1-3H3/b16-9+,25-18+. The van der Waals surface area contributed by atoms with E-state index in [1.54, 1.807) is 67.8 Å². The lowest BCUT2D eigenvalue weighted by Crippen LogP contribution is -2.05. The SMILES string of the molecule is CCCCCOc1ccc(/C=C/C(=O)Oc2ccc(/C=C(\C#N)c3ccc(Cl)cc3)cc2OC)cc1OC. The van der Waals surface area contributed by atoms with E-state index in [1.807, 2.05) is 12.1 Å². The lowest BCUT2D eigenvalue weighted by atomic mass is 10.0. The van der Waals surface area contributed by atoms with Crippen LogP contribution in [0.15, 0.2) is 66.7 Å². The highest BCUT2D eigenvalue weighted by Gasteiger charge is 2.11. The summed E-state index contributed by atoms with van der Waals surface area (Å²) in [5, 5.41) is 10.2. The van der Waals surface area contributed by atoms with Crippen LogP contribution < -0.4 is 18.9 Å². The van der Waals surface area contributed by atoms with Gasteiger partial charge in [0.05, 0.1) is 32.5 Å². The van der Waals surface area contributed by atoms with Gasteiger partial charge in [-0.15, -0.1) is 0 Å². The van der Waals surface area contributed by atoms with Crippen LogP contribution in [0.3, 0.4) is 0 Å². The Bertz CT molecular complexity index is 1340. The third kappa shape index (κ3) is 8.16. The highest BCUT2D eigenvalue weighted by atomic mass is 35.5. The molecule has 0 atom stereocenters. The number of carbonyl (C=O) groups is 1. The molecule has 0 aliphatic rings. The molecular weight excluding hydrogens is 502 g/mol. The molecule has 0 aliphatic heterocycles. The average Bonchev–Trinajstić information content (AvgIpc) is 2.94. The molecule has 0 fully saturated rings. The topological polar surface area (TPSA) is 77.8 Å². The number of hydrogen-bond donors (Lipinski definition) is 0. The number of carbonyl (C=O) groups excluding carboxylic acids is 1. The normalized spacial score (nSPS) is 11.2. The lowest BCUT2D eigenvalue weighted by Gasteiger charge is -2.11. The fourth-order valence-electron chi connectivity index (χ4n) is 3.58. The first-order chi connectivity index (χ1) is 18.5. The van der Waals surface area contributed by atoms with Crippen LogP contribution in [-0.4, -0.2) is 26.8 Å². The van der Waals surface area contributed by atoms with Gasteiger partial charge in [0.2, 0.25) is 0 Å². The first-order valence-corrected chi connectivity index (χ1v) is 12.6. The second-order valence-electron chi connectivity index (χ2n) is 8.31. The summed E-state index contributed by atoms with van der Waals surface area (Å²) in [5.41, 5.74) is 2.68. The summed E-state index contributed by atoms with van der Waals surface area (Å²) >= 11 is 5.94. The number of halogens is 1. The fraction of sp³-hybridized carbons (Fsp3) is 0.226. The molecule has 0 bridgehead atoms. The van der Waals surface area contributed by atoms with Crippen LogP contribution in [0.1, 0.15) is 42.9 Å². The van der Waals surface area contributed by atoms with Crippen molar-refractivity contribution in [2.24, 2.45) is 0 Å². The van der Waals surface area contributed by atoms with E-state index in [9.17, 15) is 10.1 Å². The first kappa shape index (κ1) is 28.4. The molecule has 0 N–H and O–H groups in total. The minimum Gasteiger partial charge on any atom is -0.493 e. The summed E-state index contributed by atoms with van der Waals surface area (Å²) in [4.78, 5) is 12.5. The molecule has 3 aromatic carbocycles. The molecule has 7 heteroatoms. The molecule has 0 radical (unpaired) electrons. The number of methoxy groups -OCH3 is 2. The van der Waals surface area contributed by atoms with Crippen molar-refractivity contribution < 1.29 is 23.7 Å². The molecule has 0 spiro atoms. The van der Waals surface area contributed by atoms with Crippen molar-refractivity contribution in [3.63, 3.8) is 0 Å². The summed E-state index contributed by atoms with van der Waals surface area (Å²) in [5.74, 6) is 1.32. The van der Waals surface area contributed by atoms with Gasteiger partial charge in [0.25, 0.3) is 0 Å². The van der Waals surface area contributed by atoms with E-state index in [0.717, 1.165) is 30.4 Å². The van der Waals surface area contributed by atoms with Gasteiger partial charge in [-0.25, -0.2) is 4.79 Å². The Morgan fingerprint density at radius 2 is 1.55 bits per heavy atom. The second-order valence-corrected chi connectivity index (χ2v) is 8.74. The van der Waals surface area contributed by atoms with Crippen molar-refractivity contribution in [1.82, 2.24) is 0 Å². The zero-order valence-corrected chi connectivity index (χ0v) is 22.5. The number of unbranched alkanes of at least 4 members (excludes halogenated alkanes) is 2. The summed E-state index contributed by atoms with van der Waals surface area (Å²) in [6.45, 7) is 2.77. The number of nitrogens with zero attached hydrogens (tertiary/aromatic N) is 1. The molecule has 0 aliphatic carbocycles. The van der Waals surface area contributed by atoms with Crippen molar-refractivity contribution in [1.29, 1.82) is 5.26 Å². The fourth-order valence-corrected chi connectivity index (χ4v) is 3.71. The zero-order valence-electron chi connectivity index (χ0n) is 21.7. The van der Waals surface area contributed by atoms with Crippen LogP contribution in [0.2, 0.25) is 5.02 Å². The molecule has 0 unspecified atom stereocenters. The zero-order chi connectivity index (χ0) is 27.3. The van der Waals surface area contributed by atoms with Gasteiger partial charge < -0.3 is 18.9 Å². The maximum Gasteiger partial charge on any atom is 0.336 e. The van der Waals surface area contributed by atoms with E-state index in [4.69, 9.17) is 30.5 Å². The van der Waals surface area contributed by atoms with Gasteiger partial charge in [-0.05, 0) is 71.7 Å². The minimum atomic E-state index is -0.565. The maximum absolute atomic E-state index is 12.5. The van der Waals surface area contributed by atoms with Crippen LogP contribution in [0.4, 0.5) is 0 Å². The molecule has 3 rings (SSSR count). The van der Waals surface area contributed by atoms with Crippen molar-refractivity contribution in [2.45, 2.75) is 26.2 Å². The number of rotatable bonds is 12. The van der Waals surface area contributed by atoms with Gasteiger partial charge in [-0.3, -0.25) is 0 Å². The predicted octanol–water partition coefficient (Wildman–Crippen LogP) is 7.61. The molecule has 38 heavy (non-hydrogen) atoms. The van der Waals surface area contributed by atoms with Gasteiger partial charge in [0.1, 0.15) is 0 Å². The Hall–Kier alpha value is -4.21. The Labute approximate surface area is 228 Å². The molecule has 0 saturated heterocycles. The van der Waals surface area contributed by atoms with Gasteiger partial charge >= 0.3 is 5.97 Å². The summed E-state index contributed by atoms with van der Waals surface area (Å²) in [6, 6.07) is 19.7. The van der Waals surface area contributed by atoms with E-state index in [-0.39, 0.29) is 5.75 Å². The van der Waals surface area contributed by atoms with E-state index in [2.05, 4.69) is 13.0 Å². The summed E-state index contributed by atoms with van der Waals surface area (Å²) in [7, 11) is 3.06. The van der Waals surface area contributed by atoms with Gasteiger partial charge in [-0.1, -0.05) is 55.6 Å². The van der Waals surface area contributed by atoms with Gasteiger partial charge in [0, 0.05) is 11.1 Å². The van der Waals surface area contributed by atoms with E-state index in [1.165, 1.54) is 13.2 Å². The Morgan fingerprint density at radius 3 is 2.24 bits per heavy atom. The smallest absolute Gasteiger partial charge is 0.336 e. The quantitative estimate of drug-likeness (QED) is 0.0597. The number of esters is 1. The summed E-state index contributed by atoms with van der Waals surface area (Å²) in [6.07, 6.45) is 7.91. The third-order valence-electron chi connectivity index (χ3n) is 5.59. The molecule has 196 valence electrons. The van der Waals surface area contributed by atoms with E-state index < -0.39 is 5.97 Å². The molecular formula is C31H30ClNO5. The molecule has 0 aromatic heterocycles. The number of nitriles is 1. The molecule has 3 aromatic rings. The minimum absolute atomic E-state index is 0.262. The highest BCUT2D eigenvalue weighted by Crippen LogP contribution is 2.31. The van der Waals surface area contributed by atoms with Gasteiger partial charge in [0.15, 0.2) is 23.0 Å². The Morgan fingerprint density at radius 1 is 0.895 bits per heavy atom. The number of benzene rings is 3. The third-order valence-corrected chi connectivity index (χ3v) is 5.84. The van der Waals surface area contributed by atoms with E-state index in [0.29, 0.717) is 40.0 Å². The highest BCUT2D eigenvalue weighted by molar-refractivity contribution is 6.30. The number of hydrogen-bond acceptors (Lipinski definition) is 6. The van der Waals surface area contributed by atoms with Crippen molar-refractivity contribution in [3.8, 4) is 29.1 Å². The largest absolute Gasteiger partial charge is 0.493 e. The summed E-state index contributed by atoms with van der Waals surface area (Å²) < 4.78 is 22.1. The molecule has 0 amide bonds. The van der Waals surface area contributed by atoms with Crippen LogP contribution in [0.5, 0.6) is 23.0 Å². The number of ether oxygens (including phenoxy) is 4. The monoisotopic (exact) mass is 531 g/mol. The Balaban J connectivity index is 1.69. The van der Waals surface area contributed by atoms with Crippen LogP contribution >= 0.6 is 11.6 Å². The van der Waals surface area contributed by atoms with Crippen LogP contribution in [0, 0.1) is 11.3 Å². The predicted molar refractivity (Wildman–Crippen MR) is 151 cm³/mol. The van der Waals surface area contributed by atoms with Gasteiger partial charge in [-0.2, -0.15) is 5.26 Å². The van der Waals surface area contributed by atoms with Crippen LogP contribution in [0.25, 0.3) is 17.7 Å². The molecule has 6 nitrogen and oxygen atoms in total. The second kappa shape index (κ2) is 14.5. The number of allylic oxidation sites excluding steroid dienone is 1.